The third kappa shape index (κ3) is 24.6. The van der Waals surface area contributed by atoms with Crippen LogP contribution in [0.5, 0.6) is 0 Å². The second-order valence-corrected chi connectivity index (χ2v) is 12.4. The van der Waals surface area contributed by atoms with Crippen molar-refractivity contribution in [3.8, 4) is 0 Å². The molecule has 0 fully saturated rings. The molecule has 0 aliphatic rings. The highest BCUT2D eigenvalue weighted by atomic mass is 31.2. The fraction of sp³-hybridized carbons (Fsp3) is 0.967. The van der Waals surface area contributed by atoms with Crippen LogP contribution in [0.15, 0.2) is 0 Å². The highest BCUT2D eigenvalue weighted by Gasteiger charge is 2.33. The van der Waals surface area contributed by atoms with Gasteiger partial charge in [0.1, 0.15) is 6.04 Å². The Balaban J connectivity index is 4.28. The van der Waals surface area contributed by atoms with Crippen molar-refractivity contribution >= 4 is 13.8 Å². The number of nitrogens with two attached hydrogens (primary N) is 2. The molecule has 0 saturated heterocycles. The summed E-state index contributed by atoms with van der Waals surface area (Å²) in [6.07, 6.45) is 25.9. The number of carbonyl (C=O) groups is 1. The molecule has 0 saturated carbocycles. The van der Waals surface area contributed by atoms with Crippen LogP contribution in [0.2, 0.25) is 0 Å². The van der Waals surface area contributed by atoms with Gasteiger partial charge >= 0.3 is 13.8 Å². The van der Waals surface area contributed by atoms with E-state index >= 15 is 0 Å². The van der Waals surface area contributed by atoms with Crippen LogP contribution in [0.3, 0.4) is 0 Å². The van der Waals surface area contributed by atoms with Crippen molar-refractivity contribution in [1.82, 2.24) is 0 Å². The zero-order chi connectivity index (χ0) is 28.2. The zero-order valence-corrected chi connectivity index (χ0v) is 26.0. The minimum absolute atomic E-state index is 0.251. The summed E-state index contributed by atoms with van der Waals surface area (Å²) in [5.74, 6) is -0.725. The molecule has 0 heterocycles. The van der Waals surface area contributed by atoms with Crippen LogP contribution in [0.1, 0.15) is 162 Å². The number of carbonyl (C=O) groups excluding carboxylic acids is 1. The zero-order valence-electron chi connectivity index (χ0n) is 25.1. The van der Waals surface area contributed by atoms with Crippen LogP contribution >= 0.6 is 7.82 Å². The molecule has 0 aliphatic heterocycles. The van der Waals surface area contributed by atoms with E-state index in [1.807, 2.05) is 0 Å². The van der Waals surface area contributed by atoms with Gasteiger partial charge in [-0.15, -0.1) is 0 Å². The molecule has 0 radical (unpaired) electrons. The summed E-state index contributed by atoms with van der Waals surface area (Å²) >= 11 is 0. The first-order chi connectivity index (χ1) is 18.5. The predicted octanol–water partition coefficient (Wildman–Crippen LogP) is 8.97. The molecule has 0 bridgehead atoms. The molecule has 228 valence electrons. The van der Waals surface area contributed by atoms with E-state index in [0.717, 1.165) is 51.4 Å². The Labute approximate surface area is 235 Å². The van der Waals surface area contributed by atoms with E-state index in [0.29, 0.717) is 13.0 Å². The van der Waals surface area contributed by atoms with Crippen molar-refractivity contribution in [2.45, 2.75) is 168 Å². The molecule has 0 spiro atoms. The van der Waals surface area contributed by atoms with E-state index in [9.17, 15) is 9.36 Å². The first-order valence-corrected chi connectivity index (χ1v) is 17.5. The molecule has 7 nitrogen and oxygen atoms in total. The summed E-state index contributed by atoms with van der Waals surface area (Å²) in [6, 6.07) is -0.850. The van der Waals surface area contributed by atoms with Crippen LogP contribution in [0.25, 0.3) is 0 Å². The third-order valence-electron chi connectivity index (χ3n) is 6.97. The molecule has 0 aromatic rings. The molecule has 0 unspecified atom stereocenters. The Kier molecular flexibility index (Phi) is 27.7. The summed E-state index contributed by atoms with van der Waals surface area (Å²) in [6.45, 7) is 5.53. The number of phosphoric ester groups is 1. The average molecular weight is 563 g/mol. The van der Waals surface area contributed by atoms with Gasteiger partial charge in [-0.05, 0) is 32.2 Å². The van der Waals surface area contributed by atoms with Crippen LogP contribution in [-0.2, 0) is 22.9 Å². The lowest BCUT2D eigenvalue weighted by atomic mass is 10.1. The van der Waals surface area contributed by atoms with Crippen molar-refractivity contribution in [2.75, 3.05) is 19.8 Å². The first-order valence-electron chi connectivity index (χ1n) is 16.1. The number of rotatable bonds is 30. The Hall–Kier alpha value is -0.460. The quantitative estimate of drug-likeness (QED) is 0.0663. The lowest BCUT2D eigenvalue weighted by molar-refractivity contribution is -0.138. The number of hydrogen-bond acceptors (Lipinski definition) is 7. The third-order valence-corrected chi connectivity index (χ3v) is 8.37. The molecule has 1 atom stereocenters. The smallest absolute Gasteiger partial charge is 0.369 e. The molecule has 0 aromatic carbocycles. The molecule has 38 heavy (non-hydrogen) atoms. The van der Waals surface area contributed by atoms with E-state index in [2.05, 4.69) is 13.8 Å². The highest BCUT2D eigenvalue weighted by Crippen LogP contribution is 2.50. The monoisotopic (exact) mass is 562 g/mol. The van der Waals surface area contributed by atoms with Crippen LogP contribution < -0.4 is 11.5 Å². The van der Waals surface area contributed by atoms with E-state index in [-0.39, 0.29) is 13.2 Å². The van der Waals surface area contributed by atoms with Gasteiger partial charge < -0.3 is 16.0 Å². The van der Waals surface area contributed by atoms with Crippen molar-refractivity contribution in [1.29, 1.82) is 0 Å². The molecule has 0 rings (SSSR count). The molecule has 4 N–H and O–H groups in total. The lowest BCUT2D eigenvalue weighted by Gasteiger charge is -2.19. The van der Waals surface area contributed by atoms with Crippen LogP contribution in [-0.4, -0.2) is 31.8 Å². The van der Waals surface area contributed by atoms with Gasteiger partial charge in [-0.1, -0.05) is 136 Å². The summed E-state index contributed by atoms with van der Waals surface area (Å²) in [5.41, 5.74) is 11.5. The molecule has 8 heteroatoms. The average Bonchev–Trinajstić information content (AvgIpc) is 2.90. The first kappa shape index (κ1) is 37.5. The van der Waals surface area contributed by atoms with Crippen LogP contribution in [0, 0.1) is 0 Å². The molecular weight excluding hydrogens is 499 g/mol. The summed E-state index contributed by atoms with van der Waals surface area (Å²) in [4.78, 5) is 12.4. The maximum absolute atomic E-state index is 13.2. The van der Waals surface area contributed by atoms with Crippen molar-refractivity contribution in [2.24, 2.45) is 11.5 Å². The van der Waals surface area contributed by atoms with Gasteiger partial charge in [0.15, 0.2) is 0 Å². The van der Waals surface area contributed by atoms with Gasteiger partial charge in [-0.25, -0.2) is 9.36 Å². The van der Waals surface area contributed by atoms with Gasteiger partial charge in [-0.2, -0.15) is 0 Å². The standard InChI is InChI=1S/C30H63N2O5P/c1-3-5-7-9-11-13-15-17-19-23-27-35-38(34,37-30(33)29(32)25-21-22-26-31)36-28-24-20-18-16-14-12-10-8-6-4-2/h29H,3-28,31-32H2,1-2H3/t29-/m0/s1. The molecule has 0 amide bonds. The Morgan fingerprint density at radius 1 is 0.605 bits per heavy atom. The summed E-state index contributed by atoms with van der Waals surface area (Å²) in [5, 5.41) is 0. The number of hydrogen-bond donors (Lipinski definition) is 2. The largest absolute Gasteiger partial charge is 0.532 e. The van der Waals surface area contributed by atoms with Crippen LogP contribution in [0.4, 0.5) is 0 Å². The molecular formula is C30H63N2O5P. The van der Waals surface area contributed by atoms with Gasteiger partial charge in [0.05, 0.1) is 13.2 Å². The van der Waals surface area contributed by atoms with Crippen molar-refractivity contribution in [3.05, 3.63) is 0 Å². The second kappa shape index (κ2) is 28.1. The number of unbranched alkanes of at least 4 members (excludes halogenated alkanes) is 19. The van der Waals surface area contributed by atoms with E-state index < -0.39 is 19.8 Å². The normalized spacial score (nSPS) is 12.6. The van der Waals surface area contributed by atoms with Gasteiger partial charge in [-0.3, -0.25) is 9.05 Å². The van der Waals surface area contributed by atoms with Gasteiger partial charge in [0, 0.05) is 0 Å². The fourth-order valence-corrected chi connectivity index (χ4v) is 5.67. The maximum Gasteiger partial charge on any atom is 0.532 e. The Bertz CT molecular complexity index is 535. The van der Waals surface area contributed by atoms with E-state index in [1.165, 1.54) is 89.9 Å². The molecule has 0 aliphatic carbocycles. The molecule has 0 aromatic heterocycles. The Morgan fingerprint density at radius 3 is 1.34 bits per heavy atom. The van der Waals surface area contributed by atoms with Gasteiger partial charge in [0.25, 0.3) is 0 Å². The lowest BCUT2D eigenvalue weighted by Crippen LogP contribution is -2.32. The van der Waals surface area contributed by atoms with E-state index in [4.69, 9.17) is 25.0 Å². The van der Waals surface area contributed by atoms with Crippen molar-refractivity contribution < 1.29 is 22.9 Å². The fourth-order valence-electron chi connectivity index (χ4n) is 4.43. The SMILES string of the molecule is CCCCCCCCCCCCOP(=O)(OCCCCCCCCCCCC)OC(=O)[C@@H](N)CCCCN. The summed E-state index contributed by atoms with van der Waals surface area (Å²) in [7, 11) is -3.98. The Morgan fingerprint density at radius 2 is 0.974 bits per heavy atom. The van der Waals surface area contributed by atoms with Gasteiger partial charge in [0.2, 0.25) is 0 Å². The summed E-state index contributed by atoms with van der Waals surface area (Å²) < 4.78 is 29.6. The maximum atomic E-state index is 13.2. The predicted molar refractivity (Wildman–Crippen MR) is 160 cm³/mol. The minimum atomic E-state index is -3.98. The van der Waals surface area contributed by atoms with Crippen molar-refractivity contribution in [3.63, 3.8) is 0 Å². The van der Waals surface area contributed by atoms with E-state index in [1.54, 1.807) is 0 Å². The topological polar surface area (TPSA) is 114 Å². The second-order valence-electron chi connectivity index (χ2n) is 10.8. The highest BCUT2D eigenvalue weighted by molar-refractivity contribution is 7.49. The minimum Gasteiger partial charge on any atom is -0.369 e. The number of phosphoric acid groups is 1.